The molecule has 1 fully saturated rings. The van der Waals surface area contributed by atoms with Crippen molar-refractivity contribution in [3.05, 3.63) is 70.6 Å². The third kappa shape index (κ3) is 3.47. The lowest BCUT2D eigenvalue weighted by Crippen LogP contribution is -2.37. The minimum Gasteiger partial charge on any atom is -0.306 e. The molecule has 4 heteroatoms. The minimum absolute atomic E-state index is 0.0300. The van der Waals surface area contributed by atoms with Gasteiger partial charge in [-0.3, -0.25) is 4.57 Å². The summed E-state index contributed by atoms with van der Waals surface area (Å²) in [6.45, 7) is 5.58. The van der Waals surface area contributed by atoms with Gasteiger partial charge >= 0.3 is 5.69 Å². The molecule has 2 aromatic carbocycles. The van der Waals surface area contributed by atoms with Crippen LogP contribution in [0, 0.1) is 0 Å². The molecule has 0 saturated carbocycles. The second-order valence-electron chi connectivity index (χ2n) is 7.49. The van der Waals surface area contributed by atoms with E-state index in [1.165, 1.54) is 12.0 Å². The van der Waals surface area contributed by atoms with Gasteiger partial charge in [0.15, 0.2) is 0 Å². The number of imidazole rings is 1. The van der Waals surface area contributed by atoms with Crippen LogP contribution in [0.15, 0.2) is 59.4 Å². The molecular formula is C22H27N3O. The standard InChI is InChI=1S/C22H27N3O/c1-17(18-7-3-2-4-8-18)11-14-24-15-12-19(13-16-24)25-21-10-6-5-9-20(21)23-22(25)26/h2-10,17,19H,11-16H2,1H3,(H,23,26). The van der Waals surface area contributed by atoms with E-state index in [9.17, 15) is 4.79 Å². The van der Waals surface area contributed by atoms with Crippen LogP contribution in [0.3, 0.4) is 0 Å². The maximum Gasteiger partial charge on any atom is 0.326 e. The number of aromatic amines is 1. The van der Waals surface area contributed by atoms with Crippen LogP contribution in [0.2, 0.25) is 0 Å². The first kappa shape index (κ1) is 17.1. The Balaban J connectivity index is 1.35. The minimum atomic E-state index is 0.0300. The molecule has 1 unspecified atom stereocenters. The number of likely N-dealkylation sites (tertiary alicyclic amines) is 1. The monoisotopic (exact) mass is 349 g/mol. The highest BCUT2D eigenvalue weighted by molar-refractivity contribution is 5.75. The summed E-state index contributed by atoms with van der Waals surface area (Å²) < 4.78 is 1.97. The van der Waals surface area contributed by atoms with Crippen LogP contribution >= 0.6 is 0 Å². The topological polar surface area (TPSA) is 41.0 Å². The van der Waals surface area contributed by atoms with Gasteiger partial charge in [0.05, 0.1) is 11.0 Å². The Labute approximate surface area is 154 Å². The Kier molecular flexibility index (Phi) is 4.93. The highest BCUT2D eigenvalue weighted by Crippen LogP contribution is 2.26. The summed E-state index contributed by atoms with van der Waals surface area (Å²) in [4.78, 5) is 17.9. The van der Waals surface area contributed by atoms with Crippen molar-refractivity contribution in [2.75, 3.05) is 19.6 Å². The molecule has 1 atom stereocenters. The molecule has 1 aliphatic heterocycles. The van der Waals surface area contributed by atoms with Crippen LogP contribution in [-0.2, 0) is 0 Å². The maximum atomic E-state index is 12.4. The number of hydrogen-bond donors (Lipinski definition) is 1. The van der Waals surface area contributed by atoms with Gasteiger partial charge in [0.1, 0.15) is 0 Å². The average molecular weight is 349 g/mol. The second-order valence-corrected chi connectivity index (χ2v) is 7.49. The summed E-state index contributed by atoms with van der Waals surface area (Å²) in [6, 6.07) is 19.1. The van der Waals surface area contributed by atoms with Crippen molar-refractivity contribution in [3.8, 4) is 0 Å². The van der Waals surface area contributed by atoms with Crippen molar-refractivity contribution < 1.29 is 0 Å². The van der Waals surface area contributed by atoms with Gasteiger partial charge in [-0.1, -0.05) is 49.4 Å². The lowest BCUT2D eigenvalue weighted by Gasteiger charge is -2.33. The van der Waals surface area contributed by atoms with E-state index in [1.807, 2.05) is 28.8 Å². The lowest BCUT2D eigenvalue weighted by molar-refractivity contribution is 0.182. The van der Waals surface area contributed by atoms with Crippen LogP contribution in [-0.4, -0.2) is 34.1 Å². The number of H-pyrrole nitrogens is 1. The third-order valence-electron chi connectivity index (χ3n) is 5.79. The number of hydrogen-bond acceptors (Lipinski definition) is 2. The van der Waals surface area contributed by atoms with Crippen molar-refractivity contribution in [3.63, 3.8) is 0 Å². The summed E-state index contributed by atoms with van der Waals surface area (Å²) in [7, 11) is 0. The second kappa shape index (κ2) is 7.50. The fraction of sp³-hybridized carbons (Fsp3) is 0.409. The van der Waals surface area contributed by atoms with E-state index >= 15 is 0 Å². The molecule has 26 heavy (non-hydrogen) atoms. The maximum absolute atomic E-state index is 12.4. The van der Waals surface area contributed by atoms with Gasteiger partial charge in [0, 0.05) is 19.1 Å². The van der Waals surface area contributed by atoms with Crippen LogP contribution in [0.25, 0.3) is 11.0 Å². The average Bonchev–Trinajstić information content (AvgIpc) is 3.03. The Morgan fingerprint density at radius 1 is 1.04 bits per heavy atom. The van der Waals surface area contributed by atoms with Crippen LogP contribution < -0.4 is 5.69 Å². The van der Waals surface area contributed by atoms with Gasteiger partial charge in [-0.05, 0) is 49.4 Å². The molecule has 3 aromatic rings. The van der Waals surface area contributed by atoms with Gasteiger partial charge in [-0.25, -0.2) is 4.79 Å². The number of nitrogens with one attached hydrogen (secondary N) is 1. The third-order valence-corrected chi connectivity index (χ3v) is 5.79. The molecule has 2 heterocycles. The SMILES string of the molecule is CC(CCN1CCC(n2c(=O)[nH]c3ccccc32)CC1)c1ccccc1. The first-order valence-corrected chi connectivity index (χ1v) is 9.69. The number of nitrogens with zero attached hydrogens (tertiary/aromatic N) is 2. The summed E-state index contributed by atoms with van der Waals surface area (Å²) in [5.74, 6) is 0.588. The predicted molar refractivity (Wildman–Crippen MR) is 107 cm³/mol. The van der Waals surface area contributed by atoms with Crippen LogP contribution in [0.4, 0.5) is 0 Å². The van der Waals surface area contributed by atoms with Crippen molar-refractivity contribution in [1.82, 2.24) is 14.5 Å². The fourth-order valence-electron chi connectivity index (χ4n) is 4.16. The molecule has 1 saturated heterocycles. The first-order valence-electron chi connectivity index (χ1n) is 9.69. The number of rotatable bonds is 5. The Bertz CT molecular complexity index is 904. The Morgan fingerprint density at radius 3 is 2.50 bits per heavy atom. The zero-order chi connectivity index (χ0) is 17.9. The van der Waals surface area contributed by atoms with Crippen molar-refractivity contribution >= 4 is 11.0 Å². The molecule has 0 aliphatic carbocycles. The smallest absolute Gasteiger partial charge is 0.306 e. The Hall–Kier alpha value is -2.33. The molecule has 0 bridgehead atoms. The summed E-state index contributed by atoms with van der Waals surface area (Å²) in [5.41, 5.74) is 3.43. The van der Waals surface area contributed by atoms with Gasteiger partial charge < -0.3 is 9.88 Å². The number of fused-ring (bicyclic) bond motifs is 1. The van der Waals surface area contributed by atoms with Crippen molar-refractivity contribution in [2.24, 2.45) is 0 Å². The number of benzene rings is 2. The fourth-order valence-corrected chi connectivity index (χ4v) is 4.16. The van der Waals surface area contributed by atoms with E-state index in [-0.39, 0.29) is 5.69 Å². The zero-order valence-corrected chi connectivity index (χ0v) is 15.4. The largest absolute Gasteiger partial charge is 0.326 e. The quantitative estimate of drug-likeness (QED) is 0.751. The predicted octanol–water partition coefficient (Wildman–Crippen LogP) is 4.16. The molecule has 136 valence electrons. The number of para-hydroxylation sites is 2. The molecular weight excluding hydrogens is 322 g/mol. The summed E-state index contributed by atoms with van der Waals surface area (Å²) in [6.07, 6.45) is 3.27. The highest BCUT2D eigenvalue weighted by atomic mass is 16.1. The first-order chi connectivity index (χ1) is 12.7. The molecule has 1 N–H and O–H groups in total. The van der Waals surface area contributed by atoms with E-state index in [4.69, 9.17) is 0 Å². The lowest BCUT2D eigenvalue weighted by atomic mass is 9.97. The van der Waals surface area contributed by atoms with Crippen LogP contribution in [0.5, 0.6) is 0 Å². The van der Waals surface area contributed by atoms with Gasteiger partial charge in [-0.15, -0.1) is 0 Å². The van der Waals surface area contributed by atoms with Crippen molar-refractivity contribution in [1.29, 1.82) is 0 Å². The molecule has 4 nitrogen and oxygen atoms in total. The summed E-state index contributed by atoms with van der Waals surface area (Å²) >= 11 is 0. The zero-order valence-electron chi connectivity index (χ0n) is 15.4. The number of piperidine rings is 1. The van der Waals surface area contributed by atoms with E-state index in [0.717, 1.165) is 43.5 Å². The van der Waals surface area contributed by atoms with E-state index in [2.05, 4.69) is 47.1 Å². The normalized spacial score (nSPS) is 17.6. The molecule has 0 spiro atoms. The van der Waals surface area contributed by atoms with E-state index in [1.54, 1.807) is 0 Å². The van der Waals surface area contributed by atoms with E-state index in [0.29, 0.717) is 12.0 Å². The molecule has 0 radical (unpaired) electrons. The molecule has 1 aromatic heterocycles. The van der Waals surface area contributed by atoms with E-state index < -0.39 is 0 Å². The van der Waals surface area contributed by atoms with Crippen molar-refractivity contribution in [2.45, 2.75) is 38.1 Å². The number of aromatic nitrogens is 2. The van der Waals surface area contributed by atoms with Crippen LogP contribution in [0.1, 0.15) is 43.7 Å². The summed E-state index contributed by atoms with van der Waals surface area (Å²) in [5, 5.41) is 0. The Morgan fingerprint density at radius 2 is 1.73 bits per heavy atom. The highest BCUT2D eigenvalue weighted by Gasteiger charge is 2.23. The molecule has 4 rings (SSSR count). The van der Waals surface area contributed by atoms with Gasteiger partial charge in [0.2, 0.25) is 0 Å². The molecule has 0 amide bonds. The van der Waals surface area contributed by atoms with Gasteiger partial charge in [0.25, 0.3) is 0 Å². The molecule has 1 aliphatic rings. The van der Waals surface area contributed by atoms with Gasteiger partial charge in [-0.2, -0.15) is 0 Å².